The minimum atomic E-state index is -1.10. The molecule has 0 heterocycles. The van der Waals surface area contributed by atoms with Gasteiger partial charge in [0.2, 0.25) is 5.91 Å². The van der Waals surface area contributed by atoms with Crippen LogP contribution in [-0.4, -0.2) is 36.2 Å². The van der Waals surface area contributed by atoms with Crippen LogP contribution in [0, 0.1) is 5.92 Å². The Morgan fingerprint density at radius 3 is 2.17 bits per heavy atom. The lowest BCUT2D eigenvalue weighted by atomic mass is 9.98. The van der Waals surface area contributed by atoms with Gasteiger partial charge in [-0.1, -0.05) is 67.6 Å². The number of nitrogens with one attached hydrogen (secondary N) is 2. The van der Waals surface area contributed by atoms with Crippen LogP contribution in [0.4, 0.5) is 10.5 Å². The van der Waals surface area contributed by atoms with Crippen LogP contribution >= 0.6 is 0 Å². The van der Waals surface area contributed by atoms with Gasteiger partial charge in [-0.25, -0.2) is 9.59 Å². The summed E-state index contributed by atoms with van der Waals surface area (Å²) >= 11 is 0. The fourth-order valence-electron chi connectivity index (χ4n) is 4.47. The van der Waals surface area contributed by atoms with Crippen LogP contribution in [0.2, 0.25) is 0 Å². The second kappa shape index (κ2) is 10.9. The fraction of sp³-hybridized carbons (Fsp3) is 0.250. The van der Waals surface area contributed by atoms with E-state index in [4.69, 9.17) is 4.74 Å². The number of ether oxygens (including phenoxy) is 1. The molecular formula is C28H28N2O5. The topological polar surface area (TPSA) is 105 Å². The first-order valence-corrected chi connectivity index (χ1v) is 11.6. The number of hydrogen-bond acceptors (Lipinski definition) is 4. The predicted octanol–water partition coefficient (Wildman–Crippen LogP) is 5.28. The third-order valence-corrected chi connectivity index (χ3v) is 6.22. The predicted molar refractivity (Wildman–Crippen MR) is 134 cm³/mol. The summed E-state index contributed by atoms with van der Waals surface area (Å²) in [6.45, 7) is 2.53. The van der Waals surface area contributed by atoms with Crippen molar-refractivity contribution in [2.75, 3.05) is 18.5 Å². The number of para-hydroxylation sites is 1. The maximum atomic E-state index is 12.3. The zero-order chi connectivity index (χ0) is 24.8. The van der Waals surface area contributed by atoms with Crippen LogP contribution in [0.1, 0.15) is 47.2 Å². The smallest absolute Gasteiger partial charge is 0.407 e. The highest BCUT2D eigenvalue weighted by Gasteiger charge is 2.29. The molecule has 7 nitrogen and oxygen atoms in total. The molecule has 1 aliphatic rings. The third-order valence-electron chi connectivity index (χ3n) is 6.22. The second-order valence-corrected chi connectivity index (χ2v) is 8.75. The summed E-state index contributed by atoms with van der Waals surface area (Å²) in [5, 5.41) is 14.7. The Balaban J connectivity index is 1.22. The molecule has 0 fully saturated rings. The zero-order valence-electron chi connectivity index (χ0n) is 19.5. The summed E-state index contributed by atoms with van der Waals surface area (Å²) in [5.41, 5.74) is 4.99. The van der Waals surface area contributed by atoms with E-state index in [1.165, 1.54) is 17.2 Å². The average molecular weight is 473 g/mol. The average Bonchev–Trinajstić information content (AvgIpc) is 3.16. The first kappa shape index (κ1) is 24.0. The van der Waals surface area contributed by atoms with E-state index in [2.05, 4.69) is 34.9 Å². The highest BCUT2D eigenvalue weighted by molar-refractivity contribution is 6.00. The number of aromatic carboxylic acids is 1. The monoisotopic (exact) mass is 472 g/mol. The molecular weight excluding hydrogens is 444 g/mol. The number of carboxylic acids is 1. The van der Waals surface area contributed by atoms with Crippen LogP contribution in [0.25, 0.3) is 11.1 Å². The molecule has 0 aromatic heterocycles. The zero-order valence-corrected chi connectivity index (χ0v) is 19.5. The Morgan fingerprint density at radius 1 is 0.914 bits per heavy atom. The Hall–Kier alpha value is -4.13. The first-order valence-electron chi connectivity index (χ1n) is 11.6. The molecule has 0 saturated carbocycles. The molecule has 3 aromatic rings. The van der Waals surface area contributed by atoms with E-state index >= 15 is 0 Å². The van der Waals surface area contributed by atoms with Gasteiger partial charge >= 0.3 is 12.1 Å². The van der Waals surface area contributed by atoms with Crippen molar-refractivity contribution in [1.29, 1.82) is 0 Å². The van der Waals surface area contributed by atoms with Crippen LogP contribution in [0.3, 0.4) is 0 Å². The maximum Gasteiger partial charge on any atom is 0.407 e. The molecule has 35 heavy (non-hydrogen) atoms. The van der Waals surface area contributed by atoms with E-state index in [0.29, 0.717) is 13.0 Å². The highest BCUT2D eigenvalue weighted by Crippen LogP contribution is 2.44. The molecule has 0 bridgehead atoms. The van der Waals surface area contributed by atoms with Gasteiger partial charge in [0.15, 0.2) is 0 Å². The minimum absolute atomic E-state index is 0.00412. The Kier molecular flexibility index (Phi) is 7.45. The van der Waals surface area contributed by atoms with Crippen molar-refractivity contribution in [2.24, 2.45) is 5.92 Å². The van der Waals surface area contributed by atoms with Crippen LogP contribution in [-0.2, 0) is 9.53 Å². The number of carbonyl (C=O) groups is 3. The molecule has 3 N–H and O–H groups in total. The minimum Gasteiger partial charge on any atom is -0.478 e. The Labute approximate surface area is 204 Å². The molecule has 0 spiro atoms. The molecule has 3 aromatic carbocycles. The van der Waals surface area contributed by atoms with Gasteiger partial charge in [0, 0.05) is 18.9 Å². The molecule has 1 unspecified atom stereocenters. The molecule has 180 valence electrons. The standard InChI is InChI=1S/C28H28N2O5/c1-18(16-26(31)30-25-13-7-6-12-23(25)27(32)33)14-15-29-28(34)35-17-24-21-10-4-2-8-19(21)20-9-3-5-11-22(20)24/h2-13,18,24H,14-17H2,1H3,(H,29,34)(H,30,31)(H,32,33). The third kappa shape index (κ3) is 5.69. The molecule has 1 aliphatic carbocycles. The fourth-order valence-corrected chi connectivity index (χ4v) is 4.47. The molecule has 4 rings (SSSR count). The lowest BCUT2D eigenvalue weighted by Crippen LogP contribution is -2.28. The molecule has 0 saturated heterocycles. The van der Waals surface area contributed by atoms with E-state index in [0.717, 1.165) is 11.1 Å². The number of hydrogen-bond donors (Lipinski definition) is 3. The molecule has 2 amide bonds. The number of alkyl carbamates (subject to hydrolysis) is 1. The van der Waals surface area contributed by atoms with Crippen molar-refractivity contribution >= 4 is 23.7 Å². The van der Waals surface area contributed by atoms with Gasteiger partial charge in [0.1, 0.15) is 6.61 Å². The number of carbonyl (C=O) groups excluding carboxylic acids is 2. The van der Waals surface area contributed by atoms with Gasteiger partial charge in [0.05, 0.1) is 11.3 Å². The highest BCUT2D eigenvalue weighted by atomic mass is 16.5. The number of anilines is 1. The van der Waals surface area contributed by atoms with E-state index in [1.54, 1.807) is 18.2 Å². The summed E-state index contributed by atoms with van der Waals surface area (Å²) in [6, 6.07) is 22.6. The SMILES string of the molecule is CC(CCNC(=O)OCC1c2ccccc2-c2ccccc21)CC(=O)Nc1ccccc1C(=O)O. The molecule has 0 aliphatic heterocycles. The summed E-state index contributed by atoms with van der Waals surface area (Å²) in [7, 11) is 0. The largest absolute Gasteiger partial charge is 0.478 e. The molecule has 7 heteroatoms. The first-order chi connectivity index (χ1) is 16.9. The number of rotatable bonds is 9. The number of amides is 2. The van der Waals surface area contributed by atoms with Crippen molar-refractivity contribution in [3.8, 4) is 11.1 Å². The molecule has 0 radical (unpaired) electrons. The van der Waals surface area contributed by atoms with Gasteiger partial charge in [-0.15, -0.1) is 0 Å². The normalized spacial score (nSPS) is 12.8. The summed E-state index contributed by atoms with van der Waals surface area (Å²) in [6.07, 6.45) is 0.303. The second-order valence-electron chi connectivity index (χ2n) is 8.75. The number of carboxylic acid groups (broad SMARTS) is 1. The van der Waals surface area contributed by atoms with Crippen LogP contribution in [0.5, 0.6) is 0 Å². The maximum absolute atomic E-state index is 12.3. The molecule has 1 atom stereocenters. The summed E-state index contributed by atoms with van der Waals surface area (Å²) < 4.78 is 5.53. The quantitative estimate of drug-likeness (QED) is 0.393. The van der Waals surface area contributed by atoms with Crippen LogP contribution < -0.4 is 10.6 Å². The van der Waals surface area contributed by atoms with Crippen molar-refractivity contribution < 1.29 is 24.2 Å². The van der Waals surface area contributed by atoms with Crippen molar-refractivity contribution in [3.63, 3.8) is 0 Å². The van der Waals surface area contributed by atoms with Gasteiger partial charge in [-0.05, 0) is 46.7 Å². The van der Waals surface area contributed by atoms with Gasteiger partial charge < -0.3 is 20.5 Å². The van der Waals surface area contributed by atoms with E-state index < -0.39 is 12.1 Å². The number of benzene rings is 3. The lowest BCUT2D eigenvalue weighted by molar-refractivity contribution is -0.117. The Bertz CT molecular complexity index is 1190. The van der Waals surface area contributed by atoms with Gasteiger partial charge in [-0.2, -0.15) is 0 Å². The van der Waals surface area contributed by atoms with E-state index in [9.17, 15) is 19.5 Å². The number of fused-ring (bicyclic) bond motifs is 3. The Morgan fingerprint density at radius 2 is 1.51 bits per heavy atom. The lowest BCUT2D eigenvalue weighted by Gasteiger charge is -2.16. The van der Waals surface area contributed by atoms with Gasteiger partial charge in [0.25, 0.3) is 0 Å². The van der Waals surface area contributed by atoms with Gasteiger partial charge in [-0.3, -0.25) is 4.79 Å². The van der Waals surface area contributed by atoms with Crippen molar-refractivity contribution in [1.82, 2.24) is 5.32 Å². The van der Waals surface area contributed by atoms with Crippen molar-refractivity contribution in [2.45, 2.75) is 25.7 Å². The van der Waals surface area contributed by atoms with Crippen molar-refractivity contribution in [3.05, 3.63) is 89.5 Å². The summed E-state index contributed by atoms with van der Waals surface area (Å²) in [4.78, 5) is 35.9. The summed E-state index contributed by atoms with van der Waals surface area (Å²) in [5.74, 6) is -1.38. The van der Waals surface area contributed by atoms with E-state index in [1.807, 2.05) is 31.2 Å². The van der Waals surface area contributed by atoms with E-state index in [-0.39, 0.29) is 42.0 Å². The van der Waals surface area contributed by atoms with Crippen LogP contribution in [0.15, 0.2) is 72.8 Å².